The summed E-state index contributed by atoms with van der Waals surface area (Å²) in [6.45, 7) is 3.45. The second kappa shape index (κ2) is 12.8. The summed E-state index contributed by atoms with van der Waals surface area (Å²) in [6.07, 6.45) is -1.17. The third-order valence-electron chi connectivity index (χ3n) is 3.53. The molecule has 1 aromatic carbocycles. The Morgan fingerprint density at radius 3 is 2.54 bits per heavy atom. The van der Waals surface area contributed by atoms with Crippen LogP contribution in [0.4, 0.5) is 10.5 Å². The maximum absolute atomic E-state index is 11.2. The van der Waals surface area contributed by atoms with Crippen molar-refractivity contribution in [3.05, 3.63) is 51.2 Å². The van der Waals surface area contributed by atoms with Gasteiger partial charge < -0.3 is 20.5 Å². The lowest BCUT2D eigenvalue weighted by molar-refractivity contribution is 0.184. The Morgan fingerprint density at radius 2 is 1.96 bits per heavy atom. The molecule has 10 heteroatoms. The fraction of sp³-hybridized carbons (Fsp3) is 0.333. The summed E-state index contributed by atoms with van der Waals surface area (Å²) >= 11 is 7.26. The first-order valence-corrected chi connectivity index (χ1v) is 9.60. The second-order valence-corrected chi connectivity index (χ2v) is 7.29. The van der Waals surface area contributed by atoms with Crippen molar-refractivity contribution in [2.75, 3.05) is 25.5 Å². The Morgan fingerprint density at radius 1 is 1.25 bits per heavy atom. The summed E-state index contributed by atoms with van der Waals surface area (Å²) in [7, 11) is 1.32. The molecule has 0 aliphatic carbocycles. The number of thiophene rings is 1. The van der Waals surface area contributed by atoms with Crippen LogP contribution in [0.3, 0.4) is 0 Å². The standard InChI is InChI=1S/C18H23ClN4O3S.HI/c1-3-20-17(22-11-14(24)15-8-9-16(19)27-15)21-10-12-4-6-13(7-5-12)23-18(25)26-2;/h4-9,14,24H,3,10-11H2,1-2H3,(H,23,25)(H2,20,21,22);1H. The van der Waals surface area contributed by atoms with Gasteiger partial charge in [-0.3, -0.25) is 5.32 Å². The summed E-state index contributed by atoms with van der Waals surface area (Å²) in [5.74, 6) is 0.607. The predicted octanol–water partition coefficient (Wildman–Crippen LogP) is 3.99. The van der Waals surface area contributed by atoms with E-state index in [0.29, 0.717) is 35.6 Å². The van der Waals surface area contributed by atoms with Crippen LogP contribution in [0, 0.1) is 0 Å². The van der Waals surface area contributed by atoms with Crippen LogP contribution in [0.5, 0.6) is 0 Å². The van der Waals surface area contributed by atoms with Crippen molar-refractivity contribution in [1.29, 1.82) is 0 Å². The summed E-state index contributed by atoms with van der Waals surface area (Å²) < 4.78 is 5.20. The molecular weight excluding hydrogens is 515 g/mol. The number of benzene rings is 1. The Labute approximate surface area is 190 Å². The number of aliphatic imine (C=N–C) groups is 1. The van der Waals surface area contributed by atoms with E-state index in [2.05, 4.69) is 25.7 Å². The van der Waals surface area contributed by atoms with Crippen molar-refractivity contribution in [3.63, 3.8) is 0 Å². The molecule has 1 aromatic heterocycles. The number of guanidine groups is 1. The number of halogens is 2. The van der Waals surface area contributed by atoms with E-state index < -0.39 is 12.2 Å². The van der Waals surface area contributed by atoms with Crippen LogP contribution in [-0.4, -0.2) is 37.4 Å². The number of hydrogen-bond donors (Lipinski definition) is 4. The van der Waals surface area contributed by atoms with Gasteiger partial charge in [0.25, 0.3) is 0 Å². The van der Waals surface area contributed by atoms with Crippen molar-refractivity contribution in [2.24, 2.45) is 4.99 Å². The molecule has 1 atom stereocenters. The Hall–Kier alpha value is -1.56. The Kier molecular flexibility index (Phi) is 11.2. The monoisotopic (exact) mass is 538 g/mol. The highest BCUT2D eigenvalue weighted by Crippen LogP contribution is 2.26. The van der Waals surface area contributed by atoms with Gasteiger partial charge in [0.1, 0.15) is 6.10 Å². The van der Waals surface area contributed by atoms with Crippen LogP contribution in [0.2, 0.25) is 4.34 Å². The van der Waals surface area contributed by atoms with Gasteiger partial charge in [-0.05, 0) is 36.8 Å². The highest BCUT2D eigenvalue weighted by atomic mass is 127. The molecule has 0 fully saturated rings. The fourth-order valence-electron chi connectivity index (χ4n) is 2.18. The maximum Gasteiger partial charge on any atom is 0.411 e. The van der Waals surface area contributed by atoms with E-state index >= 15 is 0 Å². The van der Waals surface area contributed by atoms with Crippen molar-refractivity contribution >= 4 is 64.7 Å². The number of nitrogens with one attached hydrogen (secondary N) is 3. The largest absolute Gasteiger partial charge is 0.453 e. The summed E-state index contributed by atoms with van der Waals surface area (Å²) in [6, 6.07) is 10.9. The molecule has 1 heterocycles. The molecule has 0 spiro atoms. The maximum atomic E-state index is 11.2. The number of anilines is 1. The lowest BCUT2D eigenvalue weighted by Gasteiger charge is -2.14. The average Bonchev–Trinajstić information content (AvgIpc) is 3.11. The SMILES string of the molecule is CCNC(=NCc1ccc(NC(=O)OC)cc1)NCC(O)c1ccc(Cl)s1.I. The number of aliphatic hydroxyl groups excluding tert-OH is 1. The minimum Gasteiger partial charge on any atom is -0.453 e. The number of carbonyl (C=O) groups excluding carboxylic acids is 1. The summed E-state index contributed by atoms with van der Waals surface area (Å²) in [5, 5.41) is 19.1. The molecule has 0 bridgehead atoms. The number of aliphatic hydroxyl groups is 1. The molecule has 0 radical (unpaired) electrons. The van der Waals surface area contributed by atoms with Gasteiger partial charge in [-0.2, -0.15) is 0 Å². The zero-order chi connectivity index (χ0) is 19.6. The van der Waals surface area contributed by atoms with E-state index in [4.69, 9.17) is 11.6 Å². The van der Waals surface area contributed by atoms with Gasteiger partial charge >= 0.3 is 6.09 Å². The molecular formula is C18H24ClIN4O3S. The first-order chi connectivity index (χ1) is 13.0. The van der Waals surface area contributed by atoms with Crippen LogP contribution < -0.4 is 16.0 Å². The zero-order valence-electron chi connectivity index (χ0n) is 15.6. The molecule has 28 heavy (non-hydrogen) atoms. The van der Waals surface area contributed by atoms with Gasteiger partial charge in [-0.25, -0.2) is 9.79 Å². The van der Waals surface area contributed by atoms with E-state index in [1.165, 1.54) is 18.4 Å². The van der Waals surface area contributed by atoms with Gasteiger partial charge in [0.15, 0.2) is 5.96 Å². The number of ether oxygens (including phenoxy) is 1. The molecule has 7 nitrogen and oxygen atoms in total. The van der Waals surface area contributed by atoms with Gasteiger partial charge in [0, 0.05) is 23.7 Å². The van der Waals surface area contributed by atoms with Gasteiger partial charge in [-0.1, -0.05) is 23.7 Å². The third-order valence-corrected chi connectivity index (χ3v) is 4.87. The van der Waals surface area contributed by atoms with Gasteiger partial charge in [-0.15, -0.1) is 35.3 Å². The smallest absolute Gasteiger partial charge is 0.411 e. The second-order valence-electron chi connectivity index (χ2n) is 5.55. The van der Waals surface area contributed by atoms with Crippen molar-refractivity contribution in [3.8, 4) is 0 Å². The highest BCUT2D eigenvalue weighted by molar-refractivity contribution is 14.0. The van der Waals surface area contributed by atoms with Gasteiger partial charge in [0.05, 0.1) is 18.0 Å². The normalized spacial score (nSPS) is 11.9. The lowest BCUT2D eigenvalue weighted by Crippen LogP contribution is -2.39. The Bertz CT molecular complexity index is 770. The predicted molar refractivity (Wildman–Crippen MR) is 125 cm³/mol. The molecule has 2 rings (SSSR count). The van der Waals surface area contributed by atoms with Crippen LogP contribution in [0.25, 0.3) is 0 Å². The summed E-state index contributed by atoms with van der Waals surface area (Å²) in [4.78, 5) is 16.5. The fourth-order valence-corrected chi connectivity index (χ4v) is 3.22. The van der Waals surface area contributed by atoms with Crippen LogP contribution in [0.1, 0.15) is 23.5 Å². The molecule has 0 saturated heterocycles. The first kappa shape index (κ1) is 24.5. The van der Waals surface area contributed by atoms with Crippen LogP contribution in [-0.2, 0) is 11.3 Å². The van der Waals surface area contributed by atoms with E-state index in [-0.39, 0.29) is 24.0 Å². The number of amides is 1. The van der Waals surface area contributed by atoms with E-state index in [9.17, 15) is 9.90 Å². The van der Waals surface area contributed by atoms with Crippen LogP contribution in [0.15, 0.2) is 41.4 Å². The number of methoxy groups -OCH3 is 1. The van der Waals surface area contributed by atoms with Gasteiger partial charge in [0.2, 0.25) is 0 Å². The van der Waals surface area contributed by atoms with Crippen LogP contribution >= 0.6 is 46.9 Å². The molecule has 0 aliphatic heterocycles. The zero-order valence-corrected chi connectivity index (χ0v) is 19.5. The van der Waals surface area contributed by atoms with E-state index in [1.54, 1.807) is 18.2 Å². The molecule has 154 valence electrons. The molecule has 4 N–H and O–H groups in total. The topological polar surface area (TPSA) is 95.0 Å². The van der Waals surface area contributed by atoms with Crippen molar-refractivity contribution < 1.29 is 14.6 Å². The van der Waals surface area contributed by atoms with Crippen molar-refractivity contribution in [2.45, 2.75) is 19.6 Å². The first-order valence-electron chi connectivity index (χ1n) is 8.41. The average molecular weight is 539 g/mol. The third kappa shape index (κ3) is 8.21. The number of hydrogen-bond acceptors (Lipinski definition) is 5. The Balaban J connectivity index is 0.00000392. The number of rotatable bonds is 7. The molecule has 1 unspecified atom stereocenters. The lowest BCUT2D eigenvalue weighted by atomic mass is 10.2. The molecule has 0 aliphatic rings. The number of carbonyl (C=O) groups is 1. The quantitative estimate of drug-likeness (QED) is 0.243. The number of nitrogens with zero attached hydrogens (tertiary/aromatic N) is 1. The minimum atomic E-state index is -0.657. The molecule has 1 amide bonds. The minimum absolute atomic E-state index is 0. The highest BCUT2D eigenvalue weighted by Gasteiger charge is 2.11. The van der Waals surface area contributed by atoms with E-state index in [1.807, 2.05) is 25.1 Å². The van der Waals surface area contributed by atoms with Crippen molar-refractivity contribution in [1.82, 2.24) is 10.6 Å². The molecule has 0 saturated carbocycles. The van der Waals surface area contributed by atoms with E-state index in [0.717, 1.165) is 10.4 Å². The molecule has 2 aromatic rings. The summed E-state index contributed by atoms with van der Waals surface area (Å²) in [5.41, 5.74) is 1.63.